The normalized spacial score (nSPS) is 11.6. The largest absolute Gasteiger partial charge is 0.424 e. The summed E-state index contributed by atoms with van der Waals surface area (Å²) in [6.07, 6.45) is 3.21. The number of amides is 1. The van der Waals surface area contributed by atoms with Gasteiger partial charge < -0.3 is 59.5 Å². The van der Waals surface area contributed by atoms with E-state index in [-0.39, 0.29) is 24.9 Å². The van der Waals surface area contributed by atoms with E-state index >= 15 is 0 Å². The molecular weight excluding hydrogens is 668 g/mol. The van der Waals surface area contributed by atoms with Gasteiger partial charge in [0.15, 0.2) is 11.2 Å². The van der Waals surface area contributed by atoms with E-state index in [0.29, 0.717) is 139 Å². The number of nitrogens with two attached hydrogens (primary N) is 2. The molecule has 282 valence electrons. The first-order chi connectivity index (χ1) is 25.1. The Hall–Kier alpha value is -4.01. The monoisotopic (exact) mass is 718 g/mol. The Kier molecular flexibility index (Phi) is 18.3. The number of ether oxygens (including phenoxy) is 7. The molecule has 51 heavy (non-hydrogen) atoms. The third-order valence-corrected chi connectivity index (χ3v) is 7.30. The summed E-state index contributed by atoms with van der Waals surface area (Å²) in [4.78, 5) is 25.0. The zero-order valence-electron chi connectivity index (χ0n) is 29.0. The second kappa shape index (κ2) is 23.5. The first kappa shape index (κ1) is 39.8. The molecule has 0 fully saturated rings. The van der Waals surface area contributed by atoms with Crippen molar-refractivity contribution in [3.8, 4) is 11.3 Å². The van der Waals surface area contributed by atoms with Crippen molar-refractivity contribution in [1.29, 1.82) is 0 Å². The summed E-state index contributed by atoms with van der Waals surface area (Å²) in [5, 5.41) is 17.0. The zero-order chi connectivity index (χ0) is 35.9. The summed E-state index contributed by atoms with van der Waals surface area (Å²) in [5.74, 6) is 0.268. The molecule has 0 spiro atoms. The number of hydrogen-bond donors (Lipinski definition) is 4. The smallest absolute Gasteiger partial charge is 0.292 e. The van der Waals surface area contributed by atoms with Crippen molar-refractivity contribution in [2.24, 2.45) is 0 Å². The van der Waals surface area contributed by atoms with Gasteiger partial charge in [0.2, 0.25) is 5.91 Å². The van der Waals surface area contributed by atoms with E-state index in [0.717, 1.165) is 18.4 Å². The SMILES string of the molecule is Nc1nc2cc(-c3nn(CCCCNC(=O)CCOCCOCCOCCOCCOCCOCCOCCO)c4ncnc(N)c34)ccc2o1. The van der Waals surface area contributed by atoms with Crippen LogP contribution in [0.15, 0.2) is 28.9 Å². The van der Waals surface area contributed by atoms with Crippen LogP contribution in [0, 0.1) is 0 Å². The number of aliphatic hydroxyl groups excluding tert-OH is 1. The van der Waals surface area contributed by atoms with Crippen LogP contribution < -0.4 is 16.8 Å². The predicted molar refractivity (Wildman–Crippen MR) is 187 cm³/mol. The number of oxazole rings is 1. The summed E-state index contributed by atoms with van der Waals surface area (Å²) in [6.45, 7) is 7.30. The van der Waals surface area contributed by atoms with Crippen molar-refractivity contribution >= 4 is 39.9 Å². The van der Waals surface area contributed by atoms with E-state index < -0.39 is 0 Å². The van der Waals surface area contributed by atoms with E-state index in [1.807, 2.05) is 16.8 Å². The van der Waals surface area contributed by atoms with Crippen LogP contribution in [0.3, 0.4) is 0 Å². The van der Waals surface area contributed by atoms with Gasteiger partial charge in [0, 0.05) is 25.1 Å². The molecular formula is C33H50N8O10. The molecule has 0 bridgehead atoms. The van der Waals surface area contributed by atoms with Gasteiger partial charge in [-0.05, 0) is 31.0 Å². The van der Waals surface area contributed by atoms with Gasteiger partial charge in [0.25, 0.3) is 6.01 Å². The Morgan fingerprint density at radius 2 is 1.37 bits per heavy atom. The minimum Gasteiger partial charge on any atom is -0.424 e. The van der Waals surface area contributed by atoms with Crippen LogP contribution >= 0.6 is 0 Å². The predicted octanol–water partition coefficient (Wildman–Crippen LogP) is 1.19. The number of benzene rings is 1. The molecule has 0 aliphatic carbocycles. The number of unbranched alkanes of at least 4 members (excludes halogenated alkanes) is 1. The Balaban J connectivity index is 0.953. The molecule has 0 saturated heterocycles. The van der Waals surface area contributed by atoms with E-state index in [4.69, 9.17) is 59.2 Å². The fraction of sp³-hybridized carbons (Fsp3) is 0.606. The Bertz CT molecular complexity index is 1570. The van der Waals surface area contributed by atoms with Gasteiger partial charge in [0.1, 0.15) is 23.4 Å². The van der Waals surface area contributed by atoms with E-state index in [2.05, 4.69) is 20.3 Å². The van der Waals surface area contributed by atoms with Crippen LogP contribution in [-0.4, -0.2) is 141 Å². The van der Waals surface area contributed by atoms with Gasteiger partial charge >= 0.3 is 0 Å². The molecule has 3 aromatic heterocycles. The lowest BCUT2D eigenvalue weighted by Gasteiger charge is -2.08. The maximum absolute atomic E-state index is 12.2. The fourth-order valence-corrected chi connectivity index (χ4v) is 4.83. The first-order valence-corrected chi connectivity index (χ1v) is 17.1. The highest BCUT2D eigenvalue weighted by molar-refractivity contribution is 5.99. The zero-order valence-corrected chi connectivity index (χ0v) is 29.0. The topological polar surface area (TPSA) is 236 Å². The third kappa shape index (κ3) is 14.3. The lowest BCUT2D eigenvalue weighted by Crippen LogP contribution is -2.26. The molecule has 4 aromatic rings. The average molecular weight is 719 g/mol. The number of fused-ring (bicyclic) bond motifs is 2. The number of carbonyl (C=O) groups excluding carboxylic acids is 1. The number of carbonyl (C=O) groups is 1. The number of aryl methyl sites for hydroxylation is 1. The van der Waals surface area contributed by atoms with Crippen molar-refractivity contribution in [3.05, 3.63) is 24.5 Å². The summed E-state index contributed by atoms with van der Waals surface area (Å²) >= 11 is 0. The molecule has 1 amide bonds. The molecule has 18 heteroatoms. The summed E-state index contributed by atoms with van der Waals surface area (Å²) in [5.41, 5.74) is 15.2. The number of nitrogens with zero attached hydrogens (tertiary/aromatic N) is 5. The molecule has 0 aliphatic heterocycles. The second-order valence-corrected chi connectivity index (χ2v) is 11.1. The van der Waals surface area contributed by atoms with Crippen LogP contribution in [0.2, 0.25) is 0 Å². The number of aliphatic hydroxyl groups is 1. The highest BCUT2D eigenvalue weighted by Gasteiger charge is 2.18. The highest BCUT2D eigenvalue weighted by Crippen LogP contribution is 2.32. The summed E-state index contributed by atoms with van der Waals surface area (Å²) in [7, 11) is 0. The van der Waals surface area contributed by atoms with Crippen LogP contribution in [0.1, 0.15) is 19.3 Å². The van der Waals surface area contributed by atoms with E-state index in [1.54, 1.807) is 6.07 Å². The summed E-state index contributed by atoms with van der Waals surface area (Å²) < 4.78 is 44.9. The maximum Gasteiger partial charge on any atom is 0.292 e. The second-order valence-electron chi connectivity index (χ2n) is 11.1. The quantitative estimate of drug-likeness (QED) is 0.0577. The first-order valence-electron chi connectivity index (χ1n) is 17.1. The molecule has 0 saturated carbocycles. The van der Waals surface area contributed by atoms with Gasteiger partial charge in [-0.2, -0.15) is 10.1 Å². The van der Waals surface area contributed by atoms with Crippen molar-refractivity contribution in [1.82, 2.24) is 30.0 Å². The molecule has 6 N–H and O–H groups in total. The molecule has 0 aliphatic rings. The number of nitrogens with one attached hydrogen (secondary N) is 1. The molecule has 0 atom stereocenters. The van der Waals surface area contributed by atoms with Crippen molar-refractivity contribution in [3.63, 3.8) is 0 Å². The number of hydrogen-bond acceptors (Lipinski definition) is 16. The van der Waals surface area contributed by atoms with Gasteiger partial charge in [-0.3, -0.25) is 4.79 Å². The average Bonchev–Trinajstić information content (AvgIpc) is 3.70. The van der Waals surface area contributed by atoms with Crippen molar-refractivity contribution < 1.29 is 47.5 Å². The fourth-order valence-electron chi connectivity index (χ4n) is 4.83. The Morgan fingerprint density at radius 1 is 0.784 bits per heavy atom. The van der Waals surface area contributed by atoms with Crippen molar-refractivity contribution in [2.75, 3.05) is 117 Å². The van der Waals surface area contributed by atoms with Crippen LogP contribution in [0.25, 0.3) is 33.4 Å². The standard InChI is InChI=1S/C33H50N8O10/c34-31-29-30(25-3-4-27-26(23-25)39-33(35)51-27)40-41(32(29)38-24-37-31)7-2-1-6-36-28(43)5-9-44-11-13-46-15-17-48-19-21-50-22-20-49-18-16-47-14-12-45-10-8-42/h3-4,23-24,42H,1-2,5-22H2,(H2,35,39)(H,36,43)(H2,34,37,38). The molecule has 0 radical (unpaired) electrons. The van der Waals surface area contributed by atoms with Crippen LogP contribution in [0.5, 0.6) is 0 Å². The lowest BCUT2D eigenvalue weighted by atomic mass is 10.1. The maximum atomic E-state index is 12.2. The van der Waals surface area contributed by atoms with Crippen LogP contribution in [-0.2, 0) is 44.5 Å². The number of nitrogen functional groups attached to an aromatic ring is 2. The third-order valence-electron chi connectivity index (χ3n) is 7.30. The van der Waals surface area contributed by atoms with Crippen LogP contribution in [0.4, 0.5) is 11.8 Å². The molecule has 0 unspecified atom stereocenters. The number of rotatable bonds is 29. The van der Waals surface area contributed by atoms with E-state index in [9.17, 15) is 4.79 Å². The number of aromatic nitrogens is 5. The van der Waals surface area contributed by atoms with E-state index in [1.165, 1.54) is 6.33 Å². The Morgan fingerprint density at radius 3 is 1.98 bits per heavy atom. The minimum absolute atomic E-state index is 0.0140. The Labute approximate surface area is 296 Å². The molecule has 4 rings (SSSR count). The minimum atomic E-state index is -0.0693. The molecule has 1 aromatic carbocycles. The lowest BCUT2D eigenvalue weighted by molar-refractivity contribution is -0.122. The van der Waals surface area contributed by atoms with Gasteiger partial charge in [-0.15, -0.1) is 0 Å². The van der Waals surface area contributed by atoms with Gasteiger partial charge in [-0.25, -0.2) is 14.6 Å². The summed E-state index contributed by atoms with van der Waals surface area (Å²) in [6, 6.07) is 5.60. The van der Waals surface area contributed by atoms with Gasteiger partial charge in [0.05, 0.1) is 104 Å². The molecule has 18 nitrogen and oxygen atoms in total. The number of anilines is 2. The molecule has 3 heterocycles. The highest BCUT2D eigenvalue weighted by atomic mass is 16.6. The van der Waals surface area contributed by atoms with Gasteiger partial charge in [-0.1, -0.05) is 0 Å². The van der Waals surface area contributed by atoms with Crippen molar-refractivity contribution in [2.45, 2.75) is 25.8 Å².